The number of carboxylic acid groups (broad SMARTS) is 1. The fraction of sp³-hybridized carbons (Fsp3) is 0.300. The van der Waals surface area contributed by atoms with E-state index in [2.05, 4.69) is 5.32 Å². The first-order chi connectivity index (χ1) is 13.5. The molecule has 0 saturated carbocycles. The molecule has 156 valence electrons. The van der Waals surface area contributed by atoms with Gasteiger partial charge in [-0.05, 0) is 48.7 Å². The number of halogens is 4. The van der Waals surface area contributed by atoms with E-state index in [1.165, 1.54) is 6.07 Å². The maximum Gasteiger partial charge on any atom is 0.416 e. The molecule has 0 aliphatic rings. The van der Waals surface area contributed by atoms with Crippen LogP contribution in [0.3, 0.4) is 0 Å². The first-order valence-corrected chi connectivity index (χ1v) is 8.71. The van der Waals surface area contributed by atoms with Gasteiger partial charge in [0, 0.05) is 23.7 Å². The molecule has 0 aliphatic heterocycles. The number of carbonyl (C=O) groups is 2. The number of amides is 1. The van der Waals surface area contributed by atoms with Gasteiger partial charge in [0.05, 0.1) is 11.5 Å². The lowest BCUT2D eigenvalue weighted by Crippen LogP contribution is -2.23. The third-order valence-corrected chi connectivity index (χ3v) is 4.47. The standard InChI is InChI=1S/C20H19F4NO4/c1-2-11(19(28)29)7-13-8-14(17(26)9-16(13)21)10-25-18(27)12-3-5-15(6-4-12)20(22,23)24/h3-6,8-9,11,26H,2,7,10H2,1H3,(H,25,27)(H,28,29). The van der Waals surface area contributed by atoms with Crippen LogP contribution < -0.4 is 5.32 Å². The minimum atomic E-state index is -4.52. The summed E-state index contributed by atoms with van der Waals surface area (Å²) in [6.07, 6.45) is -4.31. The Morgan fingerprint density at radius 1 is 1.10 bits per heavy atom. The summed E-state index contributed by atoms with van der Waals surface area (Å²) in [4.78, 5) is 23.3. The summed E-state index contributed by atoms with van der Waals surface area (Å²) >= 11 is 0. The predicted molar refractivity (Wildman–Crippen MR) is 95.8 cm³/mol. The number of carboxylic acids is 1. The molecule has 1 atom stereocenters. The van der Waals surface area contributed by atoms with Crippen molar-refractivity contribution in [1.82, 2.24) is 5.32 Å². The number of aromatic hydroxyl groups is 1. The molecule has 0 aliphatic carbocycles. The van der Waals surface area contributed by atoms with Gasteiger partial charge >= 0.3 is 12.1 Å². The van der Waals surface area contributed by atoms with Gasteiger partial charge in [0.15, 0.2) is 0 Å². The predicted octanol–water partition coefficient (Wildman–Crippen LogP) is 4.13. The number of aliphatic carboxylic acids is 1. The maximum absolute atomic E-state index is 14.1. The Labute approximate surface area is 164 Å². The van der Waals surface area contributed by atoms with E-state index in [4.69, 9.17) is 5.11 Å². The van der Waals surface area contributed by atoms with E-state index in [1.807, 2.05) is 0 Å². The summed E-state index contributed by atoms with van der Waals surface area (Å²) in [5.74, 6) is -3.75. The number of carbonyl (C=O) groups excluding carboxylic acids is 1. The van der Waals surface area contributed by atoms with Crippen LogP contribution in [0.15, 0.2) is 36.4 Å². The first kappa shape index (κ1) is 22.2. The Kier molecular flexibility index (Phi) is 6.84. The minimum Gasteiger partial charge on any atom is -0.507 e. The second-order valence-electron chi connectivity index (χ2n) is 6.48. The van der Waals surface area contributed by atoms with Crippen LogP contribution in [0, 0.1) is 11.7 Å². The molecular formula is C20H19F4NO4. The van der Waals surface area contributed by atoms with Gasteiger partial charge in [-0.1, -0.05) is 6.92 Å². The molecule has 0 radical (unpaired) electrons. The van der Waals surface area contributed by atoms with E-state index in [-0.39, 0.29) is 36.1 Å². The number of phenolic OH excluding ortho intramolecular Hbond substituents is 1. The molecule has 1 amide bonds. The highest BCUT2D eigenvalue weighted by Gasteiger charge is 2.30. The van der Waals surface area contributed by atoms with Crippen molar-refractivity contribution in [2.45, 2.75) is 32.5 Å². The molecule has 3 N–H and O–H groups in total. The molecule has 9 heteroatoms. The average molecular weight is 413 g/mol. The SMILES string of the molecule is CCC(Cc1cc(CNC(=O)c2ccc(C(F)(F)F)cc2)c(O)cc1F)C(=O)O. The van der Waals surface area contributed by atoms with Gasteiger partial charge in [-0.3, -0.25) is 9.59 Å². The molecule has 1 unspecified atom stereocenters. The van der Waals surface area contributed by atoms with Crippen LogP contribution in [-0.2, 0) is 23.9 Å². The zero-order valence-electron chi connectivity index (χ0n) is 15.4. The van der Waals surface area contributed by atoms with E-state index >= 15 is 0 Å². The molecular weight excluding hydrogens is 394 g/mol. The number of hydrogen-bond donors (Lipinski definition) is 3. The number of phenols is 1. The van der Waals surface area contributed by atoms with Gasteiger partial charge in [-0.25, -0.2) is 4.39 Å². The molecule has 29 heavy (non-hydrogen) atoms. The van der Waals surface area contributed by atoms with Crippen molar-refractivity contribution in [2.24, 2.45) is 5.92 Å². The lowest BCUT2D eigenvalue weighted by atomic mass is 9.95. The summed E-state index contributed by atoms with van der Waals surface area (Å²) in [5, 5.41) is 21.4. The van der Waals surface area contributed by atoms with Crippen molar-refractivity contribution in [2.75, 3.05) is 0 Å². The van der Waals surface area contributed by atoms with E-state index in [0.29, 0.717) is 0 Å². The Bertz CT molecular complexity index is 895. The highest BCUT2D eigenvalue weighted by atomic mass is 19.4. The Morgan fingerprint density at radius 2 is 1.72 bits per heavy atom. The van der Waals surface area contributed by atoms with Crippen LogP contribution in [0.1, 0.15) is 40.4 Å². The lowest BCUT2D eigenvalue weighted by Gasteiger charge is -2.14. The van der Waals surface area contributed by atoms with Gasteiger partial charge < -0.3 is 15.5 Å². The molecule has 0 bridgehead atoms. The van der Waals surface area contributed by atoms with Crippen LogP contribution in [0.25, 0.3) is 0 Å². The van der Waals surface area contributed by atoms with E-state index in [9.17, 15) is 32.3 Å². The number of alkyl halides is 3. The summed E-state index contributed by atoms with van der Waals surface area (Å²) in [6.45, 7) is 1.44. The van der Waals surface area contributed by atoms with Crippen LogP contribution >= 0.6 is 0 Å². The van der Waals surface area contributed by atoms with Crippen LogP contribution in [0.4, 0.5) is 17.6 Å². The minimum absolute atomic E-state index is 0.0169. The first-order valence-electron chi connectivity index (χ1n) is 8.71. The van der Waals surface area contributed by atoms with Crippen molar-refractivity contribution in [1.29, 1.82) is 0 Å². The van der Waals surface area contributed by atoms with E-state index in [0.717, 1.165) is 30.3 Å². The molecule has 2 aromatic rings. The molecule has 2 rings (SSSR count). The Balaban J connectivity index is 2.12. The highest BCUT2D eigenvalue weighted by molar-refractivity contribution is 5.94. The molecule has 0 fully saturated rings. The number of nitrogens with one attached hydrogen (secondary N) is 1. The highest BCUT2D eigenvalue weighted by Crippen LogP contribution is 2.29. The van der Waals surface area contributed by atoms with E-state index < -0.39 is 41.1 Å². The van der Waals surface area contributed by atoms with Crippen LogP contribution in [-0.4, -0.2) is 22.1 Å². The van der Waals surface area contributed by atoms with Gasteiger partial charge in [-0.15, -0.1) is 0 Å². The molecule has 0 spiro atoms. The van der Waals surface area contributed by atoms with Crippen LogP contribution in [0.5, 0.6) is 5.75 Å². The van der Waals surface area contributed by atoms with Gasteiger partial charge in [0.1, 0.15) is 11.6 Å². The molecule has 0 heterocycles. The van der Waals surface area contributed by atoms with Crippen molar-refractivity contribution in [3.05, 3.63) is 64.5 Å². The second-order valence-corrected chi connectivity index (χ2v) is 6.48. The Morgan fingerprint density at radius 3 is 2.24 bits per heavy atom. The normalized spacial score (nSPS) is 12.4. The summed E-state index contributed by atoms with van der Waals surface area (Å²) in [6, 6.07) is 5.70. The van der Waals surface area contributed by atoms with Gasteiger partial charge in [-0.2, -0.15) is 13.2 Å². The smallest absolute Gasteiger partial charge is 0.416 e. The number of benzene rings is 2. The summed E-state index contributed by atoms with van der Waals surface area (Å²) < 4.78 is 51.8. The number of rotatable bonds is 7. The molecule has 5 nitrogen and oxygen atoms in total. The average Bonchev–Trinajstić information content (AvgIpc) is 2.65. The van der Waals surface area contributed by atoms with Crippen molar-refractivity contribution in [3.8, 4) is 5.75 Å². The zero-order chi connectivity index (χ0) is 21.8. The van der Waals surface area contributed by atoms with E-state index in [1.54, 1.807) is 6.92 Å². The summed E-state index contributed by atoms with van der Waals surface area (Å²) in [5.41, 5.74) is -0.673. The largest absolute Gasteiger partial charge is 0.507 e. The monoisotopic (exact) mass is 413 g/mol. The molecule has 0 aromatic heterocycles. The summed E-state index contributed by atoms with van der Waals surface area (Å²) in [7, 11) is 0. The fourth-order valence-corrected chi connectivity index (χ4v) is 2.72. The van der Waals surface area contributed by atoms with Crippen molar-refractivity contribution >= 4 is 11.9 Å². The van der Waals surface area contributed by atoms with Gasteiger partial charge in [0.25, 0.3) is 5.91 Å². The fourth-order valence-electron chi connectivity index (χ4n) is 2.72. The zero-order valence-corrected chi connectivity index (χ0v) is 15.4. The third-order valence-electron chi connectivity index (χ3n) is 4.47. The maximum atomic E-state index is 14.1. The van der Waals surface area contributed by atoms with Crippen LogP contribution in [0.2, 0.25) is 0 Å². The van der Waals surface area contributed by atoms with Crippen molar-refractivity contribution < 1.29 is 37.4 Å². The van der Waals surface area contributed by atoms with Crippen molar-refractivity contribution in [3.63, 3.8) is 0 Å². The van der Waals surface area contributed by atoms with Gasteiger partial charge in [0.2, 0.25) is 0 Å². The second kappa shape index (κ2) is 8.93. The Hall–Kier alpha value is -3.10. The quantitative estimate of drug-likeness (QED) is 0.596. The lowest BCUT2D eigenvalue weighted by molar-refractivity contribution is -0.142. The molecule has 2 aromatic carbocycles. The molecule has 0 saturated heterocycles. The topological polar surface area (TPSA) is 86.6 Å². The third kappa shape index (κ3) is 5.69. The number of hydrogen-bond acceptors (Lipinski definition) is 3.